The number of carbonyl (C=O) groups is 2. The van der Waals surface area contributed by atoms with Gasteiger partial charge in [0, 0.05) is 15.1 Å². The lowest BCUT2D eigenvalue weighted by molar-refractivity contribution is -0.142. The van der Waals surface area contributed by atoms with Crippen LogP contribution < -0.4 is 0 Å². The van der Waals surface area contributed by atoms with Gasteiger partial charge in [0.25, 0.3) is 0 Å². The van der Waals surface area contributed by atoms with Gasteiger partial charge in [-0.05, 0) is 24.6 Å². The Morgan fingerprint density at radius 2 is 2.25 bits per heavy atom. The van der Waals surface area contributed by atoms with Crippen LogP contribution in [0.1, 0.15) is 22.8 Å². The molecule has 1 rings (SSSR count). The number of hydrogen-bond donors (Lipinski definition) is 0. The smallest absolute Gasteiger partial charge is 0.310 e. The molecule has 0 heterocycles. The lowest BCUT2D eigenvalue weighted by atomic mass is 10.1. The van der Waals surface area contributed by atoms with Crippen LogP contribution in [0.3, 0.4) is 0 Å². The summed E-state index contributed by atoms with van der Waals surface area (Å²) in [5.41, 5.74) is 1.05. The molecule has 3 nitrogen and oxygen atoms in total. The molecule has 0 atom stereocenters. The van der Waals surface area contributed by atoms with Crippen molar-refractivity contribution in [3.63, 3.8) is 0 Å². The third kappa shape index (κ3) is 3.32. The molecule has 1 aromatic rings. The first-order valence-electron chi connectivity index (χ1n) is 4.67. The molecular weight excluding hydrogens is 295 g/mol. The summed E-state index contributed by atoms with van der Waals surface area (Å²) in [6.07, 6.45) is 0.774. The molecule has 16 heavy (non-hydrogen) atoms. The minimum absolute atomic E-state index is 0.0702. The second-order valence-corrected chi connectivity index (χ2v) is 4.33. The van der Waals surface area contributed by atoms with Crippen molar-refractivity contribution >= 4 is 39.8 Å². The summed E-state index contributed by atoms with van der Waals surface area (Å²) in [6.45, 7) is 2.06. The van der Waals surface area contributed by atoms with E-state index in [-0.39, 0.29) is 12.4 Å². The van der Waals surface area contributed by atoms with Crippen molar-refractivity contribution in [2.24, 2.45) is 0 Å². The fourth-order valence-electron chi connectivity index (χ4n) is 1.21. The molecule has 5 heteroatoms. The van der Waals surface area contributed by atoms with Crippen LogP contribution in [0.5, 0.6) is 0 Å². The van der Waals surface area contributed by atoms with Crippen LogP contribution in [0.2, 0.25) is 5.02 Å². The monoisotopic (exact) mass is 304 g/mol. The van der Waals surface area contributed by atoms with Gasteiger partial charge < -0.3 is 4.74 Å². The quantitative estimate of drug-likeness (QED) is 0.634. The highest BCUT2D eigenvalue weighted by atomic mass is 79.9. The van der Waals surface area contributed by atoms with Crippen molar-refractivity contribution in [1.29, 1.82) is 0 Å². The highest BCUT2D eigenvalue weighted by Gasteiger charge is 2.11. The summed E-state index contributed by atoms with van der Waals surface area (Å²) >= 11 is 9.16. The van der Waals surface area contributed by atoms with Crippen LogP contribution in [0, 0.1) is 0 Å². The molecule has 0 fully saturated rings. The number of halogens is 2. The maximum Gasteiger partial charge on any atom is 0.310 e. The molecule has 0 aliphatic rings. The van der Waals surface area contributed by atoms with Gasteiger partial charge in [-0.15, -0.1) is 0 Å². The first kappa shape index (κ1) is 13.2. The fourth-order valence-corrected chi connectivity index (χ4v) is 2.01. The number of benzene rings is 1. The van der Waals surface area contributed by atoms with Crippen molar-refractivity contribution in [3.05, 3.63) is 32.8 Å². The average molecular weight is 306 g/mol. The van der Waals surface area contributed by atoms with Gasteiger partial charge >= 0.3 is 5.97 Å². The van der Waals surface area contributed by atoms with Crippen LogP contribution in [0.15, 0.2) is 16.6 Å². The van der Waals surface area contributed by atoms with Gasteiger partial charge in [-0.25, -0.2) is 0 Å². The highest BCUT2D eigenvalue weighted by Crippen LogP contribution is 2.25. The first-order valence-corrected chi connectivity index (χ1v) is 5.84. The Kier molecular flexibility index (Phi) is 4.96. The molecule has 0 radical (unpaired) electrons. The number of aldehydes is 1. The largest absolute Gasteiger partial charge is 0.466 e. The lowest BCUT2D eigenvalue weighted by Gasteiger charge is -2.06. The lowest BCUT2D eigenvalue weighted by Crippen LogP contribution is -2.08. The Morgan fingerprint density at radius 1 is 1.56 bits per heavy atom. The molecule has 0 saturated carbocycles. The topological polar surface area (TPSA) is 43.4 Å². The zero-order valence-corrected chi connectivity index (χ0v) is 11.0. The summed E-state index contributed by atoms with van der Waals surface area (Å²) in [7, 11) is 0. The fraction of sp³-hybridized carbons (Fsp3) is 0.273. The SMILES string of the molecule is CCOC(=O)Cc1cc(C=O)c(Br)cc1Cl. The highest BCUT2D eigenvalue weighted by molar-refractivity contribution is 9.10. The summed E-state index contributed by atoms with van der Waals surface area (Å²) < 4.78 is 5.42. The van der Waals surface area contributed by atoms with E-state index in [9.17, 15) is 9.59 Å². The summed E-state index contributed by atoms with van der Waals surface area (Å²) in [4.78, 5) is 22.0. The molecule has 0 amide bonds. The van der Waals surface area contributed by atoms with E-state index in [1.807, 2.05) is 0 Å². The maximum atomic E-state index is 11.3. The van der Waals surface area contributed by atoms with E-state index < -0.39 is 0 Å². The van der Waals surface area contributed by atoms with Crippen LogP contribution in [0.25, 0.3) is 0 Å². The second kappa shape index (κ2) is 6.01. The maximum absolute atomic E-state index is 11.3. The van der Waals surface area contributed by atoms with Gasteiger partial charge in [0.2, 0.25) is 0 Å². The van der Waals surface area contributed by atoms with Gasteiger partial charge in [-0.1, -0.05) is 27.5 Å². The van der Waals surface area contributed by atoms with Crippen LogP contribution >= 0.6 is 27.5 Å². The van der Waals surface area contributed by atoms with Gasteiger partial charge in [0.05, 0.1) is 13.0 Å². The normalized spacial score (nSPS) is 9.94. The van der Waals surface area contributed by atoms with Crippen LogP contribution in [-0.2, 0) is 16.0 Å². The molecule has 1 aromatic carbocycles. The first-order chi connectivity index (χ1) is 7.58. The van der Waals surface area contributed by atoms with E-state index in [0.29, 0.717) is 33.5 Å². The van der Waals surface area contributed by atoms with Crippen molar-refractivity contribution in [3.8, 4) is 0 Å². The van der Waals surface area contributed by atoms with Crippen molar-refractivity contribution in [2.75, 3.05) is 6.61 Å². The Morgan fingerprint density at radius 3 is 2.81 bits per heavy atom. The van der Waals surface area contributed by atoms with Crippen LogP contribution in [-0.4, -0.2) is 18.9 Å². The summed E-state index contributed by atoms with van der Waals surface area (Å²) in [6, 6.07) is 3.18. The number of ether oxygens (including phenoxy) is 1. The minimum Gasteiger partial charge on any atom is -0.466 e. The standard InChI is InChI=1S/C11H10BrClO3/c1-2-16-11(15)4-7-3-8(6-14)9(12)5-10(7)13/h3,5-6H,2,4H2,1H3. The molecule has 0 N–H and O–H groups in total. The molecule has 86 valence electrons. The molecule has 0 aliphatic heterocycles. The number of carbonyl (C=O) groups excluding carboxylic acids is 2. The predicted octanol–water partition coefficient (Wildman–Crippen LogP) is 3.02. The molecule has 0 bridgehead atoms. The molecule has 0 aromatic heterocycles. The number of hydrogen-bond acceptors (Lipinski definition) is 3. The molecule has 0 spiro atoms. The van der Waals surface area contributed by atoms with Crippen molar-refractivity contribution in [2.45, 2.75) is 13.3 Å². The zero-order chi connectivity index (χ0) is 12.1. The third-order valence-electron chi connectivity index (χ3n) is 1.93. The van der Waals surface area contributed by atoms with E-state index in [2.05, 4.69) is 15.9 Å². The van der Waals surface area contributed by atoms with E-state index in [4.69, 9.17) is 16.3 Å². The Labute approximate surface area is 107 Å². The third-order valence-corrected chi connectivity index (χ3v) is 2.97. The summed E-state index contributed by atoms with van der Waals surface area (Å²) in [5, 5.41) is 0.436. The Balaban J connectivity index is 2.95. The molecule has 0 unspecified atom stereocenters. The predicted molar refractivity (Wildman–Crippen MR) is 64.9 cm³/mol. The van der Waals surface area contributed by atoms with E-state index in [0.717, 1.165) is 0 Å². The van der Waals surface area contributed by atoms with Crippen LogP contribution in [0.4, 0.5) is 0 Å². The molecule has 0 aliphatic carbocycles. The average Bonchev–Trinajstić information content (AvgIpc) is 2.22. The van der Waals surface area contributed by atoms with Crippen molar-refractivity contribution in [1.82, 2.24) is 0 Å². The van der Waals surface area contributed by atoms with Gasteiger partial charge in [0.15, 0.2) is 6.29 Å². The number of rotatable bonds is 4. The zero-order valence-electron chi connectivity index (χ0n) is 8.63. The van der Waals surface area contributed by atoms with E-state index in [1.165, 1.54) is 0 Å². The van der Waals surface area contributed by atoms with E-state index in [1.54, 1.807) is 19.1 Å². The second-order valence-electron chi connectivity index (χ2n) is 3.06. The Hall–Kier alpha value is -0.870. The van der Waals surface area contributed by atoms with E-state index >= 15 is 0 Å². The van der Waals surface area contributed by atoms with Gasteiger partial charge in [0.1, 0.15) is 0 Å². The van der Waals surface area contributed by atoms with Gasteiger partial charge in [-0.2, -0.15) is 0 Å². The van der Waals surface area contributed by atoms with Gasteiger partial charge in [-0.3, -0.25) is 9.59 Å². The Bertz CT molecular complexity index is 418. The molecule has 0 saturated heterocycles. The molecular formula is C11H10BrClO3. The minimum atomic E-state index is -0.358. The number of esters is 1. The van der Waals surface area contributed by atoms with Crippen molar-refractivity contribution < 1.29 is 14.3 Å². The summed E-state index contributed by atoms with van der Waals surface area (Å²) in [5.74, 6) is -0.358.